The predicted octanol–water partition coefficient (Wildman–Crippen LogP) is 2.74. The Labute approximate surface area is 168 Å². The molecule has 1 atom stereocenters. The highest BCUT2D eigenvalue weighted by molar-refractivity contribution is 5.95. The molecule has 1 heterocycles. The molecule has 7 heteroatoms. The summed E-state index contributed by atoms with van der Waals surface area (Å²) in [5, 5.41) is 0. The fourth-order valence-electron chi connectivity index (χ4n) is 3.49. The van der Waals surface area contributed by atoms with E-state index in [0.717, 1.165) is 16.7 Å². The largest absolute Gasteiger partial charge is 0.369 e. The van der Waals surface area contributed by atoms with E-state index in [1.807, 2.05) is 30.3 Å². The Bertz CT molecular complexity index is 992. The number of guanidine groups is 1. The van der Waals surface area contributed by atoms with E-state index in [2.05, 4.69) is 4.99 Å². The summed E-state index contributed by atoms with van der Waals surface area (Å²) in [6.07, 6.45) is 2.46. The van der Waals surface area contributed by atoms with Crippen LogP contribution in [0.15, 0.2) is 65.4 Å². The Hall–Kier alpha value is -3.48. The first-order chi connectivity index (χ1) is 14.0. The van der Waals surface area contributed by atoms with Crippen LogP contribution in [0, 0.1) is 0 Å². The number of hydrogen-bond acceptors (Lipinski definition) is 3. The van der Waals surface area contributed by atoms with E-state index in [1.54, 1.807) is 23.1 Å². The van der Waals surface area contributed by atoms with E-state index in [-0.39, 0.29) is 24.2 Å². The average Bonchev–Trinajstić information content (AvgIpc) is 3.18. The number of amides is 2. The topological polar surface area (TPSA) is 79.0 Å². The minimum atomic E-state index is -0.609. The summed E-state index contributed by atoms with van der Waals surface area (Å²) in [6.45, 7) is 1.32. The Morgan fingerprint density at radius 1 is 1.21 bits per heavy atom. The predicted molar refractivity (Wildman–Crippen MR) is 107 cm³/mol. The smallest absolute Gasteiger partial charge is 0.254 e. The normalized spacial score (nSPS) is 18.0. The van der Waals surface area contributed by atoms with Gasteiger partial charge in [0.25, 0.3) is 5.91 Å². The first-order valence-corrected chi connectivity index (χ1v) is 9.41. The van der Waals surface area contributed by atoms with Gasteiger partial charge in [-0.05, 0) is 41.3 Å². The third-order valence-electron chi connectivity index (χ3n) is 5.22. The third-order valence-corrected chi connectivity index (χ3v) is 5.22. The van der Waals surface area contributed by atoms with Gasteiger partial charge in [-0.15, -0.1) is 0 Å². The van der Waals surface area contributed by atoms with Gasteiger partial charge in [-0.1, -0.05) is 36.4 Å². The molecule has 148 valence electrons. The van der Waals surface area contributed by atoms with E-state index >= 15 is 0 Å². The standard InChI is InChI=1S/C22H21FN4O2/c23-19-8-9-20(19)25-22(24)27(14-28)11-15-4-3-7-16(10-15)21(29)26-12-17-5-1-2-6-18(17)13-26/h1-8,10,14,20H,9,11-13H2,(H2,24,25)/t20-/m0/s1. The number of nitrogens with two attached hydrogens (primary N) is 1. The Morgan fingerprint density at radius 3 is 2.52 bits per heavy atom. The van der Waals surface area contributed by atoms with E-state index in [0.29, 0.717) is 31.5 Å². The fraction of sp³-hybridized carbons (Fsp3) is 0.227. The van der Waals surface area contributed by atoms with E-state index < -0.39 is 6.04 Å². The summed E-state index contributed by atoms with van der Waals surface area (Å²) in [6, 6.07) is 14.5. The molecule has 0 aromatic heterocycles. The second-order valence-corrected chi connectivity index (χ2v) is 7.19. The Morgan fingerprint density at radius 2 is 1.93 bits per heavy atom. The number of hydrogen-bond donors (Lipinski definition) is 1. The quantitative estimate of drug-likeness (QED) is 0.483. The molecule has 0 spiro atoms. The lowest BCUT2D eigenvalue weighted by molar-refractivity contribution is -0.115. The van der Waals surface area contributed by atoms with Gasteiger partial charge < -0.3 is 10.6 Å². The summed E-state index contributed by atoms with van der Waals surface area (Å²) < 4.78 is 13.3. The molecule has 2 aromatic carbocycles. The van der Waals surface area contributed by atoms with Gasteiger partial charge in [0.05, 0.1) is 6.54 Å². The molecule has 2 aromatic rings. The summed E-state index contributed by atoms with van der Waals surface area (Å²) in [5.74, 6) is -0.443. The van der Waals surface area contributed by atoms with E-state index in [9.17, 15) is 14.0 Å². The van der Waals surface area contributed by atoms with Crippen molar-refractivity contribution in [2.24, 2.45) is 10.7 Å². The number of carbonyl (C=O) groups excluding carboxylic acids is 2. The lowest BCUT2D eigenvalue weighted by Gasteiger charge is -2.22. The van der Waals surface area contributed by atoms with Gasteiger partial charge in [0, 0.05) is 18.7 Å². The number of nitrogens with zero attached hydrogens (tertiary/aromatic N) is 3. The molecule has 0 fully saturated rings. The molecule has 2 N–H and O–H groups in total. The maximum atomic E-state index is 13.3. The molecule has 0 saturated heterocycles. The SMILES string of the molecule is NC(=N[C@H]1CC=C1F)N(C=O)Cc1cccc(C(=O)N2Cc3ccccc3C2)c1. The van der Waals surface area contributed by atoms with Crippen molar-refractivity contribution in [1.29, 1.82) is 0 Å². The van der Waals surface area contributed by atoms with E-state index in [4.69, 9.17) is 5.73 Å². The number of benzene rings is 2. The monoisotopic (exact) mass is 392 g/mol. The van der Waals surface area contributed by atoms with Crippen molar-refractivity contribution in [3.8, 4) is 0 Å². The summed E-state index contributed by atoms with van der Waals surface area (Å²) in [5.41, 5.74) is 9.47. The number of rotatable bonds is 5. The molecule has 0 bridgehead atoms. The van der Waals surface area contributed by atoms with Crippen molar-refractivity contribution in [3.05, 3.63) is 82.7 Å². The maximum absolute atomic E-state index is 13.3. The van der Waals surface area contributed by atoms with Gasteiger partial charge in [-0.2, -0.15) is 0 Å². The zero-order valence-corrected chi connectivity index (χ0v) is 15.8. The van der Waals surface area contributed by atoms with Crippen molar-refractivity contribution >= 4 is 18.3 Å². The molecule has 29 heavy (non-hydrogen) atoms. The van der Waals surface area contributed by atoms with Gasteiger partial charge in [-0.3, -0.25) is 14.5 Å². The van der Waals surface area contributed by atoms with Crippen LogP contribution in [0.3, 0.4) is 0 Å². The van der Waals surface area contributed by atoms with Gasteiger partial charge in [-0.25, -0.2) is 9.38 Å². The first-order valence-electron chi connectivity index (χ1n) is 9.41. The number of carbonyl (C=O) groups is 2. The number of aliphatic imine (C=N–C) groups is 1. The molecule has 0 saturated carbocycles. The number of fused-ring (bicyclic) bond motifs is 1. The van der Waals surface area contributed by atoms with Crippen LogP contribution in [-0.2, 0) is 24.4 Å². The minimum Gasteiger partial charge on any atom is -0.369 e. The molecule has 2 aliphatic rings. The van der Waals surface area contributed by atoms with Crippen LogP contribution in [-0.4, -0.2) is 34.1 Å². The highest BCUT2D eigenvalue weighted by Crippen LogP contribution is 2.25. The van der Waals surface area contributed by atoms with Crippen LogP contribution in [0.4, 0.5) is 4.39 Å². The Balaban J connectivity index is 1.46. The molecule has 1 aliphatic heterocycles. The van der Waals surface area contributed by atoms with Gasteiger partial charge in [0.1, 0.15) is 11.9 Å². The van der Waals surface area contributed by atoms with Crippen molar-refractivity contribution in [3.63, 3.8) is 0 Å². The Kier molecular flexibility index (Phi) is 5.12. The fourth-order valence-corrected chi connectivity index (χ4v) is 3.49. The van der Waals surface area contributed by atoms with Crippen LogP contribution in [0.5, 0.6) is 0 Å². The lowest BCUT2D eigenvalue weighted by atomic mass is 10.0. The van der Waals surface area contributed by atoms with Crippen molar-refractivity contribution in [2.45, 2.75) is 32.1 Å². The van der Waals surface area contributed by atoms with Crippen LogP contribution >= 0.6 is 0 Å². The average molecular weight is 392 g/mol. The van der Waals surface area contributed by atoms with Gasteiger partial charge >= 0.3 is 0 Å². The molecule has 1 aliphatic carbocycles. The zero-order chi connectivity index (χ0) is 20.4. The number of halogens is 1. The van der Waals surface area contributed by atoms with Crippen molar-refractivity contribution < 1.29 is 14.0 Å². The molecule has 2 amide bonds. The molecular weight excluding hydrogens is 371 g/mol. The maximum Gasteiger partial charge on any atom is 0.254 e. The zero-order valence-electron chi connectivity index (χ0n) is 15.8. The highest BCUT2D eigenvalue weighted by Gasteiger charge is 2.25. The summed E-state index contributed by atoms with van der Waals surface area (Å²) in [4.78, 5) is 31.4. The molecule has 0 radical (unpaired) electrons. The molecule has 0 unspecified atom stereocenters. The minimum absolute atomic E-state index is 0.0417. The third kappa shape index (κ3) is 3.89. The van der Waals surface area contributed by atoms with Gasteiger partial charge in [0.2, 0.25) is 6.41 Å². The van der Waals surface area contributed by atoms with E-state index in [1.165, 1.54) is 11.0 Å². The second kappa shape index (κ2) is 7.87. The first kappa shape index (κ1) is 18.9. The molecule has 4 rings (SSSR count). The lowest BCUT2D eigenvalue weighted by Crippen LogP contribution is -2.37. The van der Waals surface area contributed by atoms with Crippen LogP contribution in [0.2, 0.25) is 0 Å². The van der Waals surface area contributed by atoms with Crippen molar-refractivity contribution in [2.75, 3.05) is 0 Å². The van der Waals surface area contributed by atoms with Crippen molar-refractivity contribution in [1.82, 2.24) is 9.80 Å². The summed E-state index contributed by atoms with van der Waals surface area (Å²) >= 11 is 0. The van der Waals surface area contributed by atoms with Gasteiger partial charge in [0.15, 0.2) is 5.96 Å². The second-order valence-electron chi connectivity index (χ2n) is 7.19. The van der Waals surface area contributed by atoms with Crippen LogP contribution in [0.1, 0.15) is 33.5 Å². The highest BCUT2D eigenvalue weighted by atomic mass is 19.1. The van der Waals surface area contributed by atoms with Crippen LogP contribution in [0.25, 0.3) is 0 Å². The summed E-state index contributed by atoms with van der Waals surface area (Å²) in [7, 11) is 0. The molecular formula is C22H21FN4O2. The molecule has 6 nitrogen and oxygen atoms in total. The van der Waals surface area contributed by atoms with Crippen LogP contribution < -0.4 is 5.73 Å².